The van der Waals surface area contributed by atoms with Crippen LogP contribution in [0.5, 0.6) is 0 Å². The summed E-state index contributed by atoms with van der Waals surface area (Å²) < 4.78 is 4.91. The lowest BCUT2D eigenvalue weighted by Gasteiger charge is -1.96. The summed E-state index contributed by atoms with van der Waals surface area (Å²) in [6.45, 7) is 0. The summed E-state index contributed by atoms with van der Waals surface area (Å²) in [7, 11) is 0. The third-order valence-electron chi connectivity index (χ3n) is 1.25. The molecule has 80 valence electrons. The van der Waals surface area contributed by atoms with Crippen LogP contribution in [0.25, 0.3) is 0 Å². The van der Waals surface area contributed by atoms with Crippen LogP contribution in [0, 0.1) is 0 Å². The molecule has 1 heterocycles. The summed E-state index contributed by atoms with van der Waals surface area (Å²) in [5, 5.41) is 8.01. The van der Waals surface area contributed by atoms with Gasteiger partial charge in [-0.2, -0.15) is 25.3 Å². The Hall–Kier alpha value is -0.590. The minimum Gasteiger partial charge on any atom is -0.480 e. The predicted octanol–water partition coefficient (Wildman–Crippen LogP) is 1.04. The summed E-state index contributed by atoms with van der Waals surface area (Å²) in [4.78, 5) is 9.76. The molecule has 1 aromatic heterocycles. The zero-order valence-electron chi connectivity index (χ0n) is 7.46. The van der Waals surface area contributed by atoms with Crippen LogP contribution in [0.4, 0.5) is 0 Å². The van der Waals surface area contributed by atoms with E-state index in [9.17, 15) is 4.79 Å². The van der Waals surface area contributed by atoms with Gasteiger partial charge in [0.15, 0.2) is 0 Å². The number of thiol groups is 2. The molecule has 14 heavy (non-hydrogen) atoms. The number of carboxylic acids is 1. The van der Waals surface area contributed by atoms with Crippen molar-refractivity contribution in [1.82, 2.24) is 0 Å². The van der Waals surface area contributed by atoms with Gasteiger partial charge in [-0.25, -0.2) is 0 Å². The number of hydrogen-bond acceptors (Lipinski definition) is 5. The SMILES string of the molecule is NC(CS)C(=O)O.SCc1ccco1. The van der Waals surface area contributed by atoms with Crippen LogP contribution >= 0.6 is 25.3 Å². The highest BCUT2D eigenvalue weighted by atomic mass is 32.1. The van der Waals surface area contributed by atoms with E-state index < -0.39 is 12.0 Å². The van der Waals surface area contributed by atoms with Crippen molar-refractivity contribution in [3.63, 3.8) is 0 Å². The van der Waals surface area contributed by atoms with E-state index in [2.05, 4.69) is 25.3 Å². The highest BCUT2D eigenvalue weighted by molar-refractivity contribution is 7.80. The maximum atomic E-state index is 9.76. The minimum atomic E-state index is -1.00. The zero-order valence-corrected chi connectivity index (χ0v) is 9.25. The number of hydrogen-bond donors (Lipinski definition) is 4. The van der Waals surface area contributed by atoms with Gasteiger partial charge in [-0.05, 0) is 12.1 Å². The molecule has 0 bridgehead atoms. The fraction of sp³-hybridized carbons (Fsp3) is 0.375. The predicted molar refractivity (Wildman–Crippen MR) is 60.9 cm³/mol. The molecule has 1 rings (SSSR count). The first kappa shape index (κ1) is 13.4. The van der Waals surface area contributed by atoms with E-state index in [1.165, 1.54) is 0 Å². The molecule has 0 radical (unpaired) electrons. The van der Waals surface area contributed by atoms with Crippen molar-refractivity contribution < 1.29 is 14.3 Å². The lowest BCUT2D eigenvalue weighted by Crippen LogP contribution is -2.31. The van der Waals surface area contributed by atoms with E-state index in [1.54, 1.807) is 6.26 Å². The number of aliphatic carboxylic acids is 1. The molecule has 0 aromatic carbocycles. The Balaban J connectivity index is 0.000000241. The van der Waals surface area contributed by atoms with E-state index in [0.29, 0.717) is 5.75 Å². The number of rotatable bonds is 3. The van der Waals surface area contributed by atoms with E-state index in [1.807, 2.05) is 12.1 Å². The van der Waals surface area contributed by atoms with Crippen LogP contribution in [0.3, 0.4) is 0 Å². The number of carbonyl (C=O) groups is 1. The summed E-state index contributed by atoms with van der Waals surface area (Å²) in [5.74, 6) is 0.792. The normalized spacial score (nSPS) is 11.4. The van der Waals surface area contributed by atoms with Gasteiger partial charge in [-0.15, -0.1) is 0 Å². The molecule has 3 N–H and O–H groups in total. The zero-order chi connectivity index (χ0) is 11.0. The van der Waals surface area contributed by atoms with Gasteiger partial charge in [-0.3, -0.25) is 4.79 Å². The molecule has 1 aromatic rings. The highest BCUT2D eigenvalue weighted by Gasteiger charge is 2.06. The molecule has 0 fully saturated rings. The smallest absolute Gasteiger partial charge is 0.321 e. The van der Waals surface area contributed by atoms with E-state index >= 15 is 0 Å². The molecule has 0 saturated heterocycles. The molecule has 0 saturated carbocycles. The molecular weight excluding hydrogens is 222 g/mol. The Labute approximate surface area is 93.3 Å². The quantitative estimate of drug-likeness (QED) is 0.590. The Morgan fingerprint density at radius 1 is 1.64 bits per heavy atom. The molecule has 0 aliphatic rings. The number of furan rings is 1. The van der Waals surface area contributed by atoms with Crippen molar-refractivity contribution in [2.24, 2.45) is 5.73 Å². The Bertz CT molecular complexity index is 251. The fourth-order valence-electron chi connectivity index (χ4n) is 0.481. The molecule has 6 heteroatoms. The molecule has 1 atom stereocenters. The van der Waals surface area contributed by atoms with Crippen molar-refractivity contribution in [2.45, 2.75) is 11.8 Å². The molecular formula is C8H13NO3S2. The van der Waals surface area contributed by atoms with Gasteiger partial charge in [0.05, 0.1) is 6.26 Å². The van der Waals surface area contributed by atoms with Crippen LogP contribution in [-0.2, 0) is 10.5 Å². The molecule has 0 aliphatic carbocycles. The van der Waals surface area contributed by atoms with Crippen LogP contribution in [-0.4, -0.2) is 22.9 Å². The van der Waals surface area contributed by atoms with E-state index in [0.717, 1.165) is 5.76 Å². The van der Waals surface area contributed by atoms with Crippen molar-refractivity contribution in [3.05, 3.63) is 24.2 Å². The highest BCUT2D eigenvalue weighted by Crippen LogP contribution is 2.01. The Kier molecular flexibility index (Phi) is 7.45. The van der Waals surface area contributed by atoms with Gasteiger partial charge in [0.2, 0.25) is 0 Å². The fourth-order valence-corrected chi connectivity index (χ4v) is 0.817. The van der Waals surface area contributed by atoms with Gasteiger partial charge in [-0.1, -0.05) is 0 Å². The van der Waals surface area contributed by atoms with Crippen LogP contribution in [0.2, 0.25) is 0 Å². The first-order valence-electron chi connectivity index (χ1n) is 3.84. The summed E-state index contributed by atoms with van der Waals surface area (Å²) in [6, 6.07) is 2.93. The number of carboxylic acid groups (broad SMARTS) is 1. The van der Waals surface area contributed by atoms with Crippen LogP contribution in [0.1, 0.15) is 5.76 Å². The van der Waals surface area contributed by atoms with Gasteiger partial charge in [0.25, 0.3) is 0 Å². The third-order valence-corrected chi connectivity index (χ3v) is 1.95. The van der Waals surface area contributed by atoms with Gasteiger partial charge < -0.3 is 15.3 Å². The van der Waals surface area contributed by atoms with Crippen LogP contribution < -0.4 is 5.73 Å². The van der Waals surface area contributed by atoms with Gasteiger partial charge >= 0.3 is 5.97 Å². The summed E-state index contributed by atoms with van der Waals surface area (Å²) >= 11 is 7.63. The summed E-state index contributed by atoms with van der Waals surface area (Å²) in [6.07, 6.45) is 1.64. The second kappa shape index (κ2) is 7.78. The van der Waals surface area contributed by atoms with Crippen molar-refractivity contribution in [2.75, 3.05) is 5.75 Å². The average molecular weight is 235 g/mol. The van der Waals surface area contributed by atoms with Crippen LogP contribution in [0.15, 0.2) is 22.8 Å². The molecule has 0 amide bonds. The number of nitrogens with two attached hydrogens (primary N) is 1. The monoisotopic (exact) mass is 235 g/mol. The second-order valence-electron chi connectivity index (χ2n) is 2.36. The van der Waals surface area contributed by atoms with Gasteiger partial charge in [0, 0.05) is 11.5 Å². The second-order valence-corrected chi connectivity index (χ2v) is 3.05. The summed E-state index contributed by atoms with van der Waals surface area (Å²) in [5.41, 5.74) is 4.94. The Morgan fingerprint density at radius 3 is 2.43 bits per heavy atom. The molecule has 0 spiro atoms. The lowest BCUT2D eigenvalue weighted by molar-refractivity contribution is -0.137. The van der Waals surface area contributed by atoms with Crippen molar-refractivity contribution >= 4 is 31.2 Å². The maximum absolute atomic E-state index is 9.76. The van der Waals surface area contributed by atoms with E-state index in [-0.39, 0.29) is 5.75 Å². The minimum absolute atomic E-state index is 0.190. The Morgan fingerprint density at radius 2 is 2.29 bits per heavy atom. The third kappa shape index (κ3) is 5.95. The molecule has 4 nitrogen and oxygen atoms in total. The lowest BCUT2D eigenvalue weighted by atomic mass is 10.4. The first-order chi connectivity index (χ1) is 6.61. The molecule has 0 aliphatic heterocycles. The van der Waals surface area contributed by atoms with Crippen molar-refractivity contribution in [3.8, 4) is 0 Å². The average Bonchev–Trinajstić information content (AvgIpc) is 2.69. The van der Waals surface area contributed by atoms with Gasteiger partial charge in [0.1, 0.15) is 11.8 Å². The van der Waals surface area contributed by atoms with E-state index in [4.69, 9.17) is 15.3 Å². The first-order valence-corrected chi connectivity index (χ1v) is 5.10. The molecule has 1 unspecified atom stereocenters. The largest absolute Gasteiger partial charge is 0.480 e. The topological polar surface area (TPSA) is 76.5 Å². The standard InChI is InChI=1S/C5H6OS.C3H7NO2S/c7-4-5-2-1-3-6-5;4-2(1-7)3(5)6/h1-3,7H,4H2;2,7H,1,4H2,(H,5,6). The van der Waals surface area contributed by atoms with Crippen molar-refractivity contribution in [1.29, 1.82) is 0 Å². The maximum Gasteiger partial charge on any atom is 0.321 e.